The van der Waals surface area contributed by atoms with Crippen molar-refractivity contribution in [3.05, 3.63) is 29.8 Å². The largest absolute Gasteiger partial charge is 0.497 e. The van der Waals surface area contributed by atoms with Gasteiger partial charge in [-0.15, -0.1) is 0 Å². The molecule has 4 heteroatoms. The SMILES string of the molecule is COc1ccc(CNC(=O)CCN2CCCCCC2)cc1. The molecule has 1 aromatic carbocycles. The lowest BCUT2D eigenvalue weighted by Gasteiger charge is -2.19. The summed E-state index contributed by atoms with van der Waals surface area (Å²) in [7, 11) is 1.65. The van der Waals surface area contributed by atoms with E-state index in [9.17, 15) is 4.79 Å². The number of benzene rings is 1. The zero-order chi connectivity index (χ0) is 14.9. The van der Waals surface area contributed by atoms with Crippen LogP contribution in [0.5, 0.6) is 5.75 Å². The van der Waals surface area contributed by atoms with Gasteiger partial charge >= 0.3 is 0 Å². The fourth-order valence-electron chi connectivity index (χ4n) is 2.65. The van der Waals surface area contributed by atoms with Gasteiger partial charge in [-0.2, -0.15) is 0 Å². The lowest BCUT2D eigenvalue weighted by Crippen LogP contribution is -2.31. The second-order valence-electron chi connectivity index (χ2n) is 5.63. The molecule has 1 saturated heterocycles. The molecule has 21 heavy (non-hydrogen) atoms. The van der Waals surface area contributed by atoms with Crippen molar-refractivity contribution in [3.63, 3.8) is 0 Å². The monoisotopic (exact) mass is 290 g/mol. The standard InChI is InChI=1S/C17H26N2O2/c1-21-16-8-6-15(7-9-16)14-18-17(20)10-13-19-11-4-2-3-5-12-19/h6-9H,2-5,10-14H2,1H3,(H,18,20). The van der Waals surface area contributed by atoms with Gasteiger partial charge in [-0.1, -0.05) is 25.0 Å². The molecule has 1 aliphatic heterocycles. The number of nitrogens with one attached hydrogen (secondary N) is 1. The molecule has 1 aliphatic rings. The van der Waals surface area contributed by atoms with Gasteiger partial charge in [-0.05, 0) is 43.6 Å². The van der Waals surface area contributed by atoms with E-state index in [4.69, 9.17) is 4.74 Å². The molecule has 0 aliphatic carbocycles. The summed E-state index contributed by atoms with van der Waals surface area (Å²) >= 11 is 0. The summed E-state index contributed by atoms with van der Waals surface area (Å²) in [6, 6.07) is 7.79. The van der Waals surface area contributed by atoms with Crippen LogP contribution in [-0.4, -0.2) is 37.6 Å². The predicted octanol–water partition coefficient (Wildman–Crippen LogP) is 2.58. The third kappa shape index (κ3) is 5.76. The van der Waals surface area contributed by atoms with E-state index in [1.54, 1.807) is 7.11 Å². The highest BCUT2D eigenvalue weighted by Gasteiger charge is 2.10. The van der Waals surface area contributed by atoms with Gasteiger partial charge in [-0.25, -0.2) is 0 Å². The Morgan fingerprint density at radius 3 is 2.43 bits per heavy atom. The van der Waals surface area contributed by atoms with E-state index in [0.717, 1.165) is 30.9 Å². The molecule has 0 radical (unpaired) electrons. The molecule has 1 amide bonds. The number of nitrogens with zero attached hydrogens (tertiary/aromatic N) is 1. The van der Waals surface area contributed by atoms with Gasteiger partial charge in [0.05, 0.1) is 7.11 Å². The van der Waals surface area contributed by atoms with Crippen LogP contribution < -0.4 is 10.1 Å². The molecular weight excluding hydrogens is 264 g/mol. The number of rotatable bonds is 6. The number of carbonyl (C=O) groups is 1. The van der Waals surface area contributed by atoms with Crippen LogP contribution in [0.1, 0.15) is 37.7 Å². The minimum atomic E-state index is 0.134. The second kappa shape index (κ2) is 8.67. The highest BCUT2D eigenvalue weighted by molar-refractivity contribution is 5.76. The molecule has 1 heterocycles. The summed E-state index contributed by atoms with van der Waals surface area (Å²) in [4.78, 5) is 14.3. The van der Waals surface area contributed by atoms with E-state index in [1.165, 1.54) is 25.7 Å². The van der Waals surface area contributed by atoms with Crippen molar-refractivity contribution in [3.8, 4) is 5.75 Å². The minimum absolute atomic E-state index is 0.134. The fraction of sp³-hybridized carbons (Fsp3) is 0.588. The van der Waals surface area contributed by atoms with Gasteiger partial charge < -0.3 is 15.0 Å². The number of amides is 1. The Bertz CT molecular complexity index is 423. The van der Waals surface area contributed by atoms with E-state index >= 15 is 0 Å². The minimum Gasteiger partial charge on any atom is -0.497 e. The quantitative estimate of drug-likeness (QED) is 0.875. The normalized spacial score (nSPS) is 16.2. The first-order valence-corrected chi connectivity index (χ1v) is 7.90. The molecule has 2 rings (SSSR count). The van der Waals surface area contributed by atoms with Crippen LogP contribution in [-0.2, 0) is 11.3 Å². The molecular formula is C17H26N2O2. The summed E-state index contributed by atoms with van der Waals surface area (Å²) in [6.07, 6.45) is 5.80. The van der Waals surface area contributed by atoms with Gasteiger partial charge in [0.1, 0.15) is 5.75 Å². The third-order valence-corrected chi connectivity index (χ3v) is 4.00. The van der Waals surface area contributed by atoms with E-state index in [2.05, 4.69) is 10.2 Å². The van der Waals surface area contributed by atoms with Crippen molar-refractivity contribution < 1.29 is 9.53 Å². The molecule has 0 bridgehead atoms. The Hall–Kier alpha value is -1.55. The van der Waals surface area contributed by atoms with E-state index in [1.807, 2.05) is 24.3 Å². The highest BCUT2D eigenvalue weighted by atomic mass is 16.5. The first kappa shape index (κ1) is 15.8. The molecule has 1 aromatic rings. The van der Waals surface area contributed by atoms with E-state index < -0.39 is 0 Å². The molecule has 116 valence electrons. The molecule has 4 nitrogen and oxygen atoms in total. The molecule has 0 saturated carbocycles. The van der Waals surface area contributed by atoms with Crippen molar-refractivity contribution in [1.82, 2.24) is 10.2 Å². The van der Waals surface area contributed by atoms with Gasteiger partial charge in [0.25, 0.3) is 0 Å². The zero-order valence-electron chi connectivity index (χ0n) is 12.9. The maximum atomic E-state index is 11.9. The van der Waals surface area contributed by atoms with Gasteiger partial charge in [0.2, 0.25) is 5.91 Å². The zero-order valence-corrected chi connectivity index (χ0v) is 12.9. The predicted molar refractivity (Wildman–Crippen MR) is 84.4 cm³/mol. The number of carbonyl (C=O) groups excluding carboxylic acids is 1. The highest BCUT2D eigenvalue weighted by Crippen LogP contribution is 2.11. The van der Waals surface area contributed by atoms with Crippen molar-refractivity contribution in [1.29, 1.82) is 0 Å². The van der Waals surface area contributed by atoms with Crippen LogP contribution >= 0.6 is 0 Å². The van der Waals surface area contributed by atoms with Gasteiger partial charge in [0.15, 0.2) is 0 Å². The van der Waals surface area contributed by atoms with Crippen molar-refractivity contribution in [2.24, 2.45) is 0 Å². The van der Waals surface area contributed by atoms with Gasteiger partial charge in [-0.3, -0.25) is 4.79 Å². The summed E-state index contributed by atoms with van der Waals surface area (Å²) in [5.41, 5.74) is 1.10. The maximum absolute atomic E-state index is 11.9. The Morgan fingerprint density at radius 2 is 1.81 bits per heavy atom. The van der Waals surface area contributed by atoms with Crippen molar-refractivity contribution in [2.75, 3.05) is 26.7 Å². The molecule has 1 N–H and O–H groups in total. The Morgan fingerprint density at radius 1 is 1.14 bits per heavy atom. The van der Waals surface area contributed by atoms with E-state index in [-0.39, 0.29) is 5.91 Å². The Balaban J connectivity index is 1.66. The van der Waals surface area contributed by atoms with Crippen LogP contribution in [0.15, 0.2) is 24.3 Å². The average Bonchev–Trinajstić information content (AvgIpc) is 2.80. The molecule has 0 spiro atoms. The van der Waals surface area contributed by atoms with E-state index in [0.29, 0.717) is 13.0 Å². The number of hydrogen-bond donors (Lipinski definition) is 1. The third-order valence-electron chi connectivity index (χ3n) is 4.00. The molecule has 0 aromatic heterocycles. The lowest BCUT2D eigenvalue weighted by atomic mass is 10.2. The smallest absolute Gasteiger partial charge is 0.221 e. The molecule has 0 unspecified atom stereocenters. The van der Waals surface area contributed by atoms with Crippen LogP contribution in [0.2, 0.25) is 0 Å². The summed E-state index contributed by atoms with van der Waals surface area (Å²) < 4.78 is 5.12. The summed E-state index contributed by atoms with van der Waals surface area (Å²) in [5, 5.41) is 2.99. The van der Waals surface area contributed by atoms with Crippen LogP contribution in [0, 0.1) is 0 Å². The number of hydrogen-bond acceptors (Lipinski definition) is 3. The topological polar surface area (TPSA) is 41.6 Å². The fourth-order valence-corrected chi connectivity index (χ4v) is 2.65. The average molecular weight is 290 g/mol. The van der Waals surface area contributed by atoms with Crippen molar-refractivity contribution >= 4 is 5.91 Å². The lowest BCUT2D eigenvalue weighted by molar-refractivity contribution is -0.121. The Kier molecular flexibility index (Phi) is 6.54. The molecule has 1 fully saturated rings. The summed E-state index contributed by atoms with van der Waals surface area (Å²) in [5.74, 6) is 0.973. The molecule has 0 atom stereocenters. The Labute approximate surface area is 127 Å². The van der Waals surface area contributed by atoms with Crippen LogP contribution in [0.3, 0.4) is 0 Å². The van der Waals surface area contributed by atoms with Crippen LogP contribution in [0.25, 0.3) is 0 Å². The van der Waals surface area contributed by atoms with Crippen LogP contribution in [0.4, 0.5) is 0 Å². The van der Waals surface area contributed by atoms with Gasteiger partial charge in [0, 0.05) is 19.5 Å². The first-order valence-electron chi connectivity index (χ1n) is 7.90. The van der Waals surface area contributed by atoms with Crippen molar-refractivity contribution in [2.45, 2.75) is 38.6 Å². The number of likely N-dealkylation sites (tertiary alicyclic amines) is 1. The second-order valence-corrected chi connectivity index (χ2v) is 5.63. The number of ether oxygens (including phenoxy) is 1. The maximum Gasteiger partial charge on any atom is 0.221 e. The first-order chi connectivity index (χ1) is 10.3. The number of methoxy groups -OCH3 is 1. The summed E-state index contributed by atoms with van der Waals surface area (Å²) in [6.45, 7) is 3.76.